The van der Waals surface area contributed by atoms with Gasteiger partial charge in [-0.25, -0.2) is 9.18 Å². The van der Waals surface area contributed by atoms with E-state index in [4.69, 9.17) is 5.11 Å². The minimum Gasteiger partial charge on any atom is -0.478 e. The summed E-state index contributed by atoms with van der Waals surface area (Å²) in [6, 6.07) is 12.3. The first-order valence-corrected chi connectivity index (χ1v) is 7.90. The van der Waals surface area contributed by atoms with Crippen molar-refractivity contribution in [3.8, 4) is 0 Å². The van der Waals surface area contributed by atoms with Gasteiger partial charge in [-0.15, -0.1) is 11.8 Å². The lowest BCUT2D eigenvalue weighted by Gasteiger charge is -2.07. The summed E-state index contributed by atoms with van der Waals surface area (Å²) in [4.78, 5) is 11.7. The van der Waals surface area contributed by atoms with Gasteiger partial charge in [-0.3, -0.25) is 0 Å². The predicted molar refractivity (Wildman–Crippen MR) is 86.8 cm³/mol. The lowest BCUT2D eigenvalue weighted by molar-refractivity contribution is -0.131. The zero-order valence-electron chi connectivity index (χ0n) is 10.9. The first-order chi connectivity index (χ1) is 10.0. The Morgan fingerprint density at radius 3 is 2.81 bits per heavy atom. The average Bonchev–Trinajstić information content (AvgIpc) is 2.44. The highest BCUT2D eigenvalue weighted by molar-refractivity contribution is 9.10. The normalized spacial score (nSPS) is 11.0. The van der Waals surface area contributed by atoms with Gasteiger partial charge in [0.1, 0.15) is 5.82 Å². The molecule has 2 aromatic rings. The number of hydrogen-bond acceptors (Lipinski definition) is 2. The summed E-state index contributed by atoms with van der Waals surface area (Å²) in [6.45, 7) is 0. The van der Waals surface area contributed by atoms with Crippen LogP contribution < -0.4 is 0 Å². The van der Waals surface area contributed by atoms with E-state index in [1.54, 1.807) is 17.8 Å². The molecule has 0 saturated carbocycles. The summed E-state index contributed by atoms with van der Waals surface area (Å²) in [5.41, 5.74) is 1.47. The van der Waals surface area contributed by atoms with Crippen LogP contribution in [0.15, 0.2) is 57.9 Å². The predicted octanol–water partition coefficient (Wildman–Crippen LogP) is 4.98. The highest BCUT2D eigenvalue weighted by Crippen LogP contribution is 2.27. The second-order valence-corrected chi connectivity index (χ2v) is 6.23. The van der Waals surface area contributed by atoms with E-state index in [1.807, 2.05) is 24.3 Å². The molecule has 2 nitrogen and oxygen atoms in total. The molecule has 0 atom stereocenters. The molecule has 21 heavy (non-hydrogen) atoms. The molecule has 0 aliphatic heterocycles. The molecule has 1 N–H and O–H groups in total. The van der Waals surface area contributed by atoms with Crippen LogP contribution >= 0.6 is 27.7 Å². The molecule has 0 unspecified atom stereocenters. The number of carboxylic acids is 1. The van der Waals surface area contributed by atoms with Crippen molar-refractivity contribution in [3.63, 3.8) is 0 Å². The van der Waals surface area contributed by atoms with Crippen LogP contribution in [0.1, 0.15) is 11.1 Å². The van der Waals surface area contributed by atoms with Crippen LogP contribution in [0.4, 0.5) is 4.39 Å². The molecule has 0 aliphatic carbocycles. The fraction of sp³-hybridized carbons (Fsp3) is 0.0625. The van der Waals surface area contributed by atoms with Gasteiger partial charge >= 0.3 is 5.97 Å². The average molecular weight is 367 g/mol. The van der Waals surface area contributed by atoms with E-state index in [-0.39, 0.29) is 5.82 Å². The summed E-state index contributed by atoms with van der Waals surface area (Å²) in [7, 11) is 0. The fourth-order valence-corrected chi connectivity index (χ4v) is 3.25. The minimum absolute atomic E-state index is 0.378. The lowest BCUT2D eigenvalue weighted by Crippen LogP contribution is -1.91. The molecule has 2 aromatic carbocycles. The van der Waals surface area contributed by atoms with E-state index in [0.29, 0.717) is 11.3 Å². The number of rotatable bonds is 5. The molecule has 0 spiro atoms. The Kier molecular flexibility index (Phi) is 5.59. The molecule has 0 amide bonds. The number of benzene rings is 2. The highest BCUT2D eigenvalue weighted by atomic mass is 79.9. The summed E-state index contributed by atoms with van der Waals surface area (Å²) in [5.74, 6) is -0.795. The smallest absolute Gasteiger partial charge is 0.328 e. The molecule has 0 aromatic heterocycles. The van der Waals surface area contributed by atoms with Crippen molar-refractivity contribution in [1.29, 1.82) is 0 Å². The van der Waals surface area contributed by atoms with Crippen molar-refractivity contribution in [2.75, 3.05) is 0 Å². The molecule has 0 saturated heterocycles. The fourth-order valence-electron chi connectivity index (χ4n) is 1.73. The summed E-state index contributed by atoms with van der Waals surface area (Å²) in [5, 5.41) is 8.68. The second kappa shape index (κ2) is 7.43. The minimum atomic E-state index is -1.05. The van der Waals surface area contributed by atoms with Gasteiger partial charge in [0, 0.05) is 21.2 Å². The van der Waals surface area contributed by atoms with Crippen LogP contribution in [0.2, 0.25) is 0 Å². The molecule has 0 bridgehead atoms. The zero-order chi connectivity index (χ0) is 15.2. The summed E-state index contributed by atoms with van der Waals surface area (Å²) in [6.07, 6.45) is 2.43. The van der Waals surface area contributed by atoms with Crippen LogP contribution in [0.3, 0.4) is 0 Å². The lowest BCUT2D eigenvalue weighted by atomic mass is 10.1. The van der Waals surface area contributed by atoms with E-state index in [9.17, 15) is 9.18 Å². The van der Waals surface area contributed by atoms with Crippen LogP contribution in [0.5, 0.6) is 0 Å². The molecular weight excluding hydrogens is 355 g/mol. The standard InChI is InChI=1S/C16H12BrFO2S/c17-13-2-1-3-15(9-13)21-10-12-4-6-14(18)8-11(12)5-7-16(19)20/h1-9H,10H2,(H,19,20). The Morgan fingerprint density at radius 2 is 2.10 bits per heavy atom. The Balaban J connectivity index is 2.17. The molecule has 0 radical (unpaired) electrons. The number of thioether (sulfide) groups is 1. The van der Waals surface area contributed by atoms with E-state index in [1.165, 1.54) is 18.2 Å². The summed E-state index contributed by atoms with van der Waals surface area (Å²) >= 11 is 5.02. The van der Waals surface area contributed by atoms with Gasteiger partial charge in [-0.1, -0.05) is 28.1 Å². The topological polar surface area (TPSA) is 37.3 Å². The van der Waals surface area contributed by atoms with E-state index in [2.05, 4.69) is 15.9 Å². The number of hydrogen-bond donors (Lipinski definition) is 1. The maximum absolute atomic E-state index is 13.3. The third-order valence-corrected chi connectivity index (χ3v) is 4.24. The van der Waals surface area contributed by atoms with Crippen molar-refractivity contribution in [2.24, 2.45) is 0 Å². The quantitative estimate of drug-likeness (QED) is 0.598. The molecule has 0 fully saturated rings. The van der Waals surface area contributed by atoms with Crippen LogP contribution in [-0.4, -0.2) is 11.1 Å². The number of halogens is 2. The van der Waals surface area contributed by atoms with Gasteiger partial charge in [0.25, 0.3) is 0 Å². The monoisotopic (exact) mass is 366 g/mol. The number of aliphatic carboxylic acids is 1. The highest BCUT2D eigenvalue weighted by Gasteiger charge is 2.04. The van der Waals surface area contributed by atoms with Crippen LogP contribution in [0, 0.1) is 5.82 Å². The maximum atomic E-state index is 13.3. The SMILES string of the molecule is O=C(O)C=Cc1cc(F)ccc1CSc1cccc(Br)c1. The van der Waals surface area contributed by atoms with Gasteiger partial charge in [-0.05, 0) is 47.5 Å². The number of carbonyl (C=O) groups is 1. The van der Waals surface area contributed by atoms with Gasteiger partial charge in [-0.2, -0.15) is 0 Å². The van der Waals surface area contributed by atoms with Crippen LogP contribution in [-0.2, 0) is 10.5 Å². The van der Waals surface area contributed by atoms with Gasteiger partial charge in [0.05, 0.1) is 0 Å². The van der Waals surface area contributed by atoms with Crippen LogP contribution in [0.25, 0.3) is 6.08 Å². The largest absolute Gasteiger partial charge is 0.478 e. The second-order valence-electron chi connectivity index (χ2n) is 4.26. The first-order valence-electron chi connectivity index (χ1n) is 6.12. The molecular formula is C16H12BrFO2S. The van der Waals surface area contributed by atoms with Crippen molar-refractivity contribution < 1.29 is 14.3 Å². The Labute approximate surface area is 134 Å². The van der Waals surface area contributed by atoms with Gasteiger partial charge in [0.15, 0.2) is 0 Å². The molecule has 0 aliphatic rings. The van der Waals surface area contributed by atoms with Crippen molar-refractivity contribution >= 4 is 39.7 Å². The van der Waals surface area contributed by atoms with Gasteiger partial charge in [0.2, 0.25) is 0 Å². The molecule has 5 heteroatoms. The maximum Gasteiger partial charge on any atom is 0.328 e. The third-order valence-electron chi connectivity index (χ3n) is 2.70. The summed E-state index contributed by atoms with van der Waals surface area (Å²) < 4.78 is 14.3. The van der Waals surface area contributed by atoms with Gasteiger partial charge < -0.3 is 5.11 Å². The Bertz CT molecular complexity index is 686. The molecule has 0 heterocycles. The molecule has 108 valence electrons. The zero-order valence-corrected chi connectivity index (χ0v) is 13.3. The van der Waals surface area contributed by atoms with Crippen molar-refractivity contribution in [1.82, 2.24) is 0 Å². The van der Waals surface area contributed by atoms with Crippen molar-refractivity contribution in [2.45, 2.75) is 10.6 Å². The van der Waals surface area contributed by atoms with E-state index >= 15 is 0 Å². The van der Waals surface area contributed by atoms with Crippen molar-refractivity contribution in [3.05, 3.63) is 70.0 Å². The van der Waals surface area contributed by atoms with E-state index < -0.39 is 5.97 Å². The number of carboxylic acid groups (broad SMARTS) is 1. The third kappa shape index (κ3) is 5.02. The Hall–Kier alpha value is -1.59. The van der Waals surface area contributed by atoms with E-state index in [0.717, 1.165) is 21.0 Å². The molecule has 2 rings (SSSR count). The first kappa shape index (κ1) is 15.8. The Morgan fingerprint density at radius 1 is 1.29 bits per heavy atom.